The molecule has 9 nitrogen and oxygen atoms in total. The van der Waals surface area contributed by atoms with E-state index in [0.29, 0.717) is 28.4 Å². The minimum Gasteiger partial charge on any atom is -0.480 e. The SMILES string of the molecule is COc1ccc(-n2ncnc2[C@H](C)Nc2ncnc3c(I)cc(Cl)cc23)nn1. The number of benzene rings is 1. The van der Waals surface area contributed by atoms with E-state index in [1.807, 2.05) is 19.1 Å². The zero-order valence-electron chi connectivity index (χ0n) is 14.8. The molecule has 0 bridgehead atoms. The zero-order valence-corrected chi connectivity index (χ0v) is 17.7. The molecule has 4 aromatic rings. The molecule has 0 aliphatic heterocycles. The number of hydrogen-bond acceptors (Lipinski definition) is 8. The molecule has 142 valence electrons. The molecule has 0 radical (unpaired) electrons. The Morgan fingerprint density at radius 3 is 2.75 bits per heavy atom. The number of nitrogens with zero attached hydrogens (tertiary/aromatic N) is 7. The molecular formula is C17H14ClIN8O. The van der Waals surface area contributed by atoms with Gasteiger partial charge in [0.15, 0.2) is 11.6 Å². The first-order valence-electron chi connectivity index (χ1n) is 8.21. The molecule has 28 heavy (non-hydrogen) atoms. The summed E-state index contributed by atoms with van der Waals surface area (Å²) in [4.78, 5) is 13.1. The van der Waals surface area contributed by atoms with Gasteiger partial charge in [-0.05, 0) is 47.7 Å². The van der Waals surface area contributed by atoms with Crippen LogP contribution in [0.3, 0.4) is 0 Å². The van der Waals surface area contributed by atoms with Crippen LogP contribution in [0.5, 0.6) is 5.88 Å². The number of methoxy groups -OCH3 is 1. The van der Waals surface area contributed by atoms with Gasteiger partial charge in [-0.2, -0.15) is 9.78 Å². The van der Waals surface area contributed by atoms with Crippen molar-refractivity contribution in [2.24, 2.45) is 0 Å². The summed E-state index contributed by atoms with van der Waals surface area (Å²) in [5.74, 6) is 2.28. The summed E-state index contributed by atoms with van der Waals surface area (Å²) < 4.78 is 7.62. The Labute approximate surface area is 178 Å². The zero-order chi connectivity index (χ0) is 19.7. The third kappa shape index (κ3) is 3.56. The highest BCUT2D eigenvalue weighted by Gasteiger charge is 2.18. The van der Waals surface area contributed by atoms with Gasteiger partial charge in [0.25, 0.3) is 0 Å². The normalized spacial score (nSPS) is 12.1. The van der Waals surface area contributed by atoms with E-state index in [1.54, 1.807) is 16.8 Å². The monoisotopic (exact) mass is 508 g/mol. The summed E-state index contributed by atoms with van der Waals surface area (Å²) in [6.45, 7) is 1.96. The summed E-state index contributed by atoms with van der Waals surface area (Å²) in [6.07, 6.45) is 2.99. The Kier molecular flexibility index (Phi) is 5.22. The van der Waals surface area contributed by atoms with Crippen LogP contribution in [-0.2, 0) is 0 Å². The lowest BCUT2D eigenvalue weighted by molar-refractivity contribution is 0.391. The van der Waals surface area contributed by atoms with Gasteiger partial charge in [0, 0.05) is 20.0 Å². The Morgan fingerprint density at radius 1 is 1.14 bits per heavy atom. The third-order valence-electron chi connectivity index (χ3n) is 4.02. The summed E-state index contributed by atoms with van der Waals surface area (Å²) in [5.41, 5.74) is 0.831. The van der Waals surface area contributed by atoms with E-state index in [0.717, 1.165) is 14.5 Å². The molecular weight excluding hydrogens is 495 g/mol. The van der Waals surface area contributed by atoms with Gasteiger partial charge in [-0.3, -0.25) is 0 Å². The van der Waals surface area contributed by atoms with Crippen molar-refractivity contribution < 1.29 is 4.74 Å². The van der Waals surface area contributed by atoms with Crippen LogP contribution in [-0.4, -0.2) is 42.0 Å². The van der Waals surface area contributed by atoms with Crippen LogP contribution < -0.4 is 10.1 Å². The second kappa shape index (κ2) is 7.80. The van der Waals surface area contributed by atoms with Crippen molar-refractivity contribution >= 4 is 50.9 Å². The predicted molar refractivity (Wildman–Crippen MR) is 113 cm³/mol. The Balaban J connectivity index is 1.68. The van der Waals surface area contributed by atoms with Crippen molar-refractivity contribution in [3.63, 3.8) is 0 Å². The number of nitrogens with one attached hydrogen (secondary N) is 1. The number of anilines is 1. The molecule has 1 N–H and O–H groups in total. The van der Waals surface area contributed by atoms with Gasteiger partial charge in [0.1, 0.15) is 18.5 Å². The van der Waals surface area contributed by atoms with Crippen LogP contribution in [0.25, 0.3) is 16.7 Å². The molecule has 0 saturated carbocycles. The number of rotatable bonds is 5. The first-order chi connectivity index (χ1) is 13.6. The molecule has 0 unspecified atom stereocenters. The van der Waals surface area contributed by atoms with Crippen LogP contribution in [0.4, 0.5) is 5.82 Å². The van der Waals surface area contributed by atoms with E-state index in [1.165, 1.54) is 19.8 Å². The molecule has 1 aromatic carbocycles. The van der Waals surface area contributed by atoms with Crippen LogP contribution in [0, 0.1) is 3.57 Å². The van der Waals surface area contributed by atoms with Gasteiger partial charge >= 0.3 is 0 Å². The maximum atomic E-state index is 6.22. The van der Waals surface area contributed by atoms with E-state index in [-0.39, 0.29) is 6.04 Å². The van der Waals surface area contributed by atoms with Gasteiger partial charge < -0.3 is 10.1 Å². The van der Waals surface area contributed by atoms with E-state index >= 15 is 0 Å². The molecule has 0 amide bonds. The summed E-state index contributed by atoms with van der Waals surface area (Å²) in [7, 11) is 1.54. The summed E-state index contributed by atoms with van der Waals surface area (Å²) in [5, 5.41) is 17.2. The molecule has 0 aliphatic rings. The number of halogens is 2. The third-order valence-corrected chi connectivity index (χ3v) is 5.06. The first-order valence-corrected chi connectivity index (χ1v) is 9.67. The van der Waals surface area contributed by atoms with Crippen LogP contribution in [0.1, 0.15) is 18.8 Å². The molecule has 1 atom stereocenters. The minimum atomic E-state index is -0.221. The number of ether oxygens (including phenoxy) is 1. The van der Waals surface area contributed by atoms with Gasteiger partial charge in [0.2, 0.25) is 5.88 Å². The molecule has 0 aliphatic carbocycles. The smallest absolute Gasteiger partial charge is 0.233 e. The fraction of sp³-hybridized carbons (Fsp3) is 0.176. The molecule has 3 heterocycles. The topological polar surface area (TPSA) is 104 Å². The number of fused-ring (bicyclic) bond motifs is 1. The number of hydrogen-bond donors (Lipinski definition) is 1. The van der Waals surface area contributed by atoms with Crippen LogP contribution >= 0.6 is 34.2 Å². The standard InChI is InChI=1S/C17H14ClIN8O/c1-9(17-22-8-23-27(17)13-3-4-14(28-2)26-25-13)24-16-11-5-10(18)6-12(19)15(11)20-7-21-16/h3-9H,1-2H3,(H,20,21,24)/t9-/m0/s1. The lowest BCUT2D eigenvalue weighted by Crippen LogP contribution is -2.16. The van der Waals surface area contributed by atoms with Gasteiger partial charge in [0.05, 0.1) is 18.7 Å². The molecule has 0 fully saturated rings. The van der Waals surface area contributed by atoms with Crippen molar-refractivity contribution in [2.45, 2.75) is 13.0 Å². The fourth-order valence-electron chi connectivity index (χ4n) is 2.73. The quantitative estimate of drug-likeness (QED) is 0.409. The molecule has 4 rings (SSSR count). The molecule has 0 spiro atoms. The Bertz CT molecular complexity index is 1130. The van der Waals surface area contributed by atoms with Crippen molar-refractivity contribution in [1.29, 1.82) is 0 Å². The van der Waals surface area contributed by atoms with Crippen molar-refractivity contribution in [3.8, 4) is 11.7 Å². The average molecular weight is 509 g/mol. The lowest BCUT2D eigenvalue weighted by Gasteiger charge is -2.16. The van der Waals surface area contributed by atoms with E-state index in [4.69, 9.17) is 16.3 Å². The van der Waals surface area contributed by atoms with Gasteiger partial charge in [-0.15, -0.1) is 10.2 Å². The molecule has 11 heteroatoms. The summed E-state index contributed by atoms with van der Waals surface area (Å²) >= 11 is 8.43. The van der Waals surface area contributed by atoms with Crippen molar-refractivity contribution in [3.05, 3.63) is 51.3 Å². The Morgan fingerprint density at radius 2 is 2.00 bits per heavy atom. The van der Waals surface area contributed by atoms with Gasteiger partial charge in [-0.1, -0.05) is 11.6 Å². The lowest BCUT2D eigenvalue weighted by atomic mass is 10.2. The molecule has 3 aromatic heterocycles. The van der Waals surface area contributed by atoms with Crippen molar-refractivity contribution in [2.75, 3.05) is 12.4 Å². The maximum Gasteiger partial charge on any atom is 0.233 e. The predicted octanol–water partition coefficient (Wildman–Crippen LogP) is 3.44. The minimum absolute atomic E-state index is 0.221. The number of aromatic nitrogens is 7. The van der Waals surface area contributed by atoms with E-state index in [9.17, 15) is 0 Å². The highest BCUT2D eigenvalue weighted by molar-refractivity contribution is 14.1. The average Bonchev–Trinajstić information content (AvgIpc) is 3.18. The second-order valence-corrected chi connectivity index (χ2v) is 7.43. The van der Waals surface area contributed by atoms with E-state index in [2.05, 4.69) is 58.2 Å². The fourth-order valence-corrected chi connectivity index (χ4v) is 3.90. The highest BCUT2D eigenvalue weighted by Crippen LogP contribution is 2.29. The van der Waals surface area contributed by atoms with E-state index < -0.39 is 0 Å². The largest absolute Gasteiger partial charge is 0.480 e. The van der Waals surface area contributed by atoms with Gasteiger partial charge in [-0.25, -0.2) is 15.0 Å². The highest BCUT2D eigenvalue weighted by atomic mass is 127. The second-order valence-electron chi connectivity index (χ2n) is 5.84. The molecule has 0 saturated heterocycles. The van der Waals surface area contributed by atoms with Crippen molar-refractivity contribution in [1.82, 2.24) is 34.9 Å². The summed E-state index contributed by atoms with van der Waals surface area (Å²) in [6, 6.07) is 6.96. The van der Waals surface area contributed by atoms with Crippen LogP contribution in [0.2, 0.25) is 5.02 Å². The maximum absolute atomic E-state index is 6.22. The first kappa shape index (κ1) is 18.7. The van der Waals surface area contributed by atoms with Crippen LogP contribution in [0.15, 0.2) is 36.9 Å². The Hall–Kier alpha value is -2.60.